The zero-order valence-electron chi connectivity index (χ0n) is 17.4. The van der Waals surface area contributed by atoms with E-state index in [0.29, 0.717) is 13.0 Å². The fourth-order valence-corrected chi connectivity index (χ4v) is 4.41. The molecule has 3 rings (SSSR count). The molecule has 1 aromatic heterocycles. The molecule has 2 aromatic carbocycles. The molecule has 5 nitrogen and oxygen atoms in total. The van der Waals surface area contributed by atoms with Crippen LogP contribution in [-0.2, 0) is 17.4 Å². The third-order valence-electron chi connectivity index (χ3n) is 4.87. The maximum Gasteiger partial charge on any atom is 0.125 e. The maximum atomic E-state index is 12.8. The van der Waals surface area contributed by atoms with Gasteiger partial charge in [0.25, 0.3) is 0 Å². The van der Waals surface area contributed by atoms with Crippen molar-refractivity contribution in [2.75, 3.05) is 6.54 Å². The summed E-state index contributed by atoms with van der Waals surface area (Å²) in [5.41, 5.74) is 4.01. The number of nitrogens with zero attached hydrogens (tertiary/aromatic N) is 3. The van der Waals surface area contributed by atoms with Gasteiger partial charge in [0.05, 0.1) is 10.00 Å². The van der Waals surface area contributed by atoms with E-state index >= 15 is 0 Å². The highest BCUT2D eigenvalue weighted by molar-refractivity contribution is 7.83. The Kier molecular flexibility index (Phi) is 9.11. The van der Waals surface area contributed by atoms with Crippen LogP contribution in [0.3, 0.4) is 0 Å². The molecule has 3 aromatic rings. The fourth-order valence-electron chi connectivity index (χ4n) is 3.34. The van der Waals surface area contributed by atoms with Gasteiger partial charge in [-0.15, -0.1) is 4.95 Å². The summed E-state index contributed by atoms with van der Waals surface area (Å²) in [5, 5.41) is 3.96. The van der Waals surface area contributed by atoms with Gasteiger partial charge in [0.1, 0.15) is 16.7 Å². The summed E-state index contributed by atoms with van der Waals surface area (Å²) in [5.74, 6) is 0. The van der Waals surface area contributed by atoms with E-state index in [2.05, 4.69) is 19.8 Å². The second-order valence-electron chi connectivity index (χ2n) is 7.14. The summed E-state index contributed by atoms with van der Waals surface area (Å²) in [6.45, 7) is 7.71. The number of pyridine rings is 1. The molecular formula is C25H26N4OS. The second-order valence-corrected chi connectivity index (χ2v) is 8.41. The molecule has 1 atom stereocenters. The van der Waals surface area contributed by atoms with Crippen LogP contribution in [0.2, 0.25) is 0 Å². The first-order valence-corrected chi connectivity index (χ1v) is 11.5. The van der Waals surface area contributed by atoms with Crippen molar-refractivity contribution in [3.63, 3.8) is 0 Å². The lowest BCUT2D eigenvalue weighted by Crippen LogP contribution is -2.19. The van der Waals surface area contributed by atoms with E-state index in [0.717, 1.165) is 53.0 Å². The van der Waals surface area contributed by atoms with Gasteiger partial charge in [-0.05, 0) is 48.1 Å². The molecule has 0 saturated heterocycles. The van der Waals surface area contributed by atoms with Gasteiger partial charge in [-0.25, -0.2) is 8.93 Å². The molecule has 0 aliphatic carbocycles. The fraction of sp³-hybridized carbons (Fsp3) is 0.240. The molecule has 0 saturated carbocycles. The SMILES string of the molecule is [C-]#[N+]/N=C(\CCCCCNS(=O)c1ccccc1-c1ccccc1)Cc1cccnc1. The number of hydrogen-bond donors (Lipinski definition) is 1. The molecular weight excluding hydrogens is 404 g/mol. The summed E-state index contributed by atoms with van der Waals surface area (Å²) in [4.78, 5) is 8.12. The first-order chi connectivity index (χ1) is 15.3. The zero-order chi connectivity index (χ0) is 21.7. The van der Waals surface area contributed by atoms with Crippen LogP contribution >= 0.6 is 0 Å². The molecule has 158 valence electrons. The van der Waals surface area contributed by atoms with Gasteiger partial charge in [-0.2, -0.15) is 6.57 Å². The maximum absolute atomic E-state index is 12.8. The van der Waals surface area contributed by atoms with Crippen molar-refractivity contribution in [2.24, 2.45) is 5.10 Å². The van der Waals surface area contributed by atoms with Crippen LogP contribution in [0.5, 0.6) is 0 Å². The second kappa shape index (κ2) is 12.5. The Morgan fingerprint density at radius 3 is 2.58 bits per heavy atom. The van der Waals surface area contributed by atoms with E-state index in [-0.39, 0.29) is 0 Å². The Hall–Kier alpha value is -3.14. The molecule has 0 radical (unpaired) electrons. The number of rotatable bonds is 11. The summed E-state index contributed by atoms with van der Waals surface area (Å²) in [6, 6.07) is 21.7. The number of unbranched alkanes of at least 4 members (excludes halogenated alkanes) is 2. The van der Waals surface area contributed by atoms with Crippen molar-refractivity contribution < 1.29 is 4.21 Å². The van der Waals surface area contributed by atoms with Gasteiger partial charge in [-0.3, -0.25) is 4.98 Å². The first-order valence-electron chi connectivity index (χ1n) is 10.4. The van der Waals surface area contributed by atoms with Gasteiger partial charge >= 0.3 is 0 Å². The monoisotopic (exact) mass is 430 g/mol. The van der Waals surface area contributed by atoms with Crippen molar-refractivity contribution >= 4 is 16.7 Å². The quantitative estimate of drug-likeness (QED) is 0.191. The van der Waals surface area contributed by atoms with E-state index in [9.17, 15) is 4.21 Å². The summed E-state index contributed by atoms with van der Waals surface area (Å²) in [7, 11) is -1.26. The lowest BCUT2D eigenvalue weighted by Gasteiger charge is -2.10. The van der Waals surface area contributed by atoms with Crippen LogP contribution in [0, 0.1) is 6.57 Å². The molecule has 1 heterocycles. The highest BCUT2D eigenvalue weighted by atomic mass is 32.2. The molecule has 31 heavy (non-hydrogen) atoms. The summed E-state index contributed by atoms with van der Waals surface area (Å²) in [6.07, 6.45) is 7.85. The molecule has 0 bridgehead atoms. The Morgan fingerprint density at radius 2 is 1.81 bits per heavy atom. The molecule has 1 N–H and O–H groups in total. The molecule has 0 amide bonds. The molecule has 1 unspecified atom stereocenters. The normalized spacial score (nSPS) is 12.3. The van der Waals surface area contributed by atoms with Crippen molar-refractivity contribution in [1.29, 1.82) is 0 Å². The first kappa shape index (κ1) is 22.5. The van der Waals surface area contributed by atoms with Gasteiger partial charge < -0.3 is 0 Å². The molecule has 0 fully saturated rings. The lowest BCUT2D eigenvalue weighted by atomic mass is 10.0. The molecule has 0 aliphatic rings. The van der Waals surface area contributed by atoms with Crippen LogP contribution in [0.15, 0.2) is 89.1 Å². The van der Waals surface area contributed by atoms with E-state index in [1.165, 1.54) is 0 Å². The van der Waals surface area contributed by atoms with Crippen LogP contribution in [0.1, 0.15) is 31.2 Å². The third-order valence-corrected chi connectivity index (χ3v) is 6.09. The third kappa shape index (κ3) is 7.25. The van der Waals surface area contributed by atoms with Crippen LogP contribution in [0.4, 0.5) is 0 Å². The van der Waals surface area contributed by atoms with Crippen molar-refractivity contribution in [3.8, 4) is 11.1 Å². The molecule has 0 aliphatic heterocycles. The van der Waals surface area contributed by atoms with Crippen LogP contribution < -0.4 is 4.72 Å². The predicted octanol–water partition coefficient (Wildman–Crippen LogP) is 5.44. The number of benzene rings is 2. The predicted molar refractivity (Wildman–Crippen MR) is 127 cm³/mol. The smallest absolute Gasteiger partial charge is 0.125 e. The van der Waals surface area contributed by atoms with E-state index in [1.54, 1.807) is 6.20 Å². The topological polar surface area (TPSA) is 58.7 Å². The minimum absolute atomic E-state index is 0.661. The molecule has 0 spiro atoms. The Bertz CT molecular complexity index is 1050. The van der Waals surface area contributed by atoms with Crippen molar-refractivity contribution in [2.45, 2.75) is 37.0 Å². The minimum Gasteiger partial charge on any atom is -0.264 e. The van der Waals surface area contributed by atoms with E-state index in [4.69, 9.17) is 6.57 Å². The Labute approximate surface area is 186 Å². The van der Waals surface area contributed by atoms with Crippen molar-refractivity contribution in [1.82, 2.24) is 9.71 Å². The highest BCUT2D eigenvalue weighted by Crippen LogP contribution is 2.25. The zero-order valence-corrected chi connectivity index (χ0v) is 18.2. The minimum atomic E-state index is -1.26. The van der Waals surface area contributed by atoms with Gasteiger partial charge in [0, 0.05) is 25.4 Å². The van der Waals surface area contributed by atoms with E-state index in [1.807, 2.05) is 72.9 Å². The largest absolute Gasteiger partial charge is 0.264 e. The average Bonchev–Trinajstić information content (AvgIpc) is 2.82. The molecule has 6 heteroatoms. The van der Waals surface area contributed by atoms with Gasteiger partial charge in [0.15, 0.2) is 0 Å². The summed E-state index contributed by atoms with van der Waals surface area (Å²) >= 11 is 0. The number of nitrogens with one attached hydrogen (secondary N) is 1. The summed E-state index contributed by atoms with van der Waals surface area (Å²) < 4.78 is 16.0. The van der Waals surface area contributed by atoms with Gasteiger partial charge in [-0.1, -0.05) is 61.0 Å². The Balaban J connectivity index is 1.44. The number of hydrogen-bond acceptors (Lipinski definition) is 3. The Morgan fingerprint density at radius 1 is 1.00 bits per heavy atom. The lowest BCUT2D eigenvalue weighted by molar-refractivity contribution is 0.652. The highest BCUT2D eigenvalue weighted by Gasteiger charge is 2.10. The van der Waals surface area contributed by atoms with Gasteiger partial charge in [0.2, 0.25) is 0 Å². The standard InChI is InChI=1S/C25H26N4OS/c1-26-29-23(19-21-11-10-17-27-20-21)14-6-3-9-18-28-31(30)25-16-8-7-15-24(25)22-12-4-2-5-13-22/h2,4-5,7-8,10-13,15-17,20,28H,3,6,9,14,18-19H2/b29-23+. The van der Waals surface area contributed by atoms with E-state index < -0.39 is 11.0 Å². The van der Waals surface area contributed by atoms with Crippen LogP contribution in [0.25, 0.3) is 16.1 Å². The van der Waals surface area contributed by atoms with Crippen LogP contribution in [-0.4, -0.2) is 21.4 Å². The average molecular weight is 431 g/mol. The number of aromatic nitrogens is 1. The van der Waals surface area contributed by atoms with Crippen molar-refractivity contribution in [3.05, 3.63) is 96.2 Å².